The van der Waals surface area contributed by atoms with Crippen molar-refractivity contribution in [2.75, 3.05) is 13.2 Å². The van der Waals surface area contributed by atoms with Gasteiger partial charge in [0.05, 0.1) is 12.0 Å². The van der Waals surface area contributed by atoms with Gasteiger partial charge in [-0.05, 0) is 37.6 Å². The summed E-state index contributed by atoms with van der Waals surface area (Å²) in [6.45, 7) is 3.30. The Hall–Kier alpha value is -2.51. The third-order valence-corrected chi connectivity index (χ3v) is 7.76. The first-order chi connectivity index (χ1) is 15.6. The minimum atomic E-state index is -0.357. The Balaban J connectivity index is 1.53. The zero-order valence-corrected chi connectivity index (χ0v) is 18.6. The van der Waals surface area contributed by atoms with E-state index in [9.17, 15) is 14.7 Å². The second-order valence-corrected chi connectivity index (χ2v) is 9.39. The third-order valence-electron chi connectivity index (χ3n) is 7.76. The lowest BCUT2D eigenvalue weighted by Crippen LogP contribution is -2.46. The molecule has 32 heavy (non-hydrogen) atoms. The van der Waals surface area contributed by atoms with Crippen molar-refractivity contribution in [2.45, 2.75) is 63.7 Å². The maximum Gasteiger partial charge on any atom is 0.258 e. The average molecular weight is 437 g/mol. The molecule has 170 valence electrons. The Morgan fingerprint density at radius 3 is 2.72 bits per heavy atom. The van der Waals surface area contributed by atoms with Crippen LogP contribution in [0, 0.1) is 11.8 Å². The number of nitrogens with one attached hydrogen (secondary N) is 1. The van der Waals surface area contributed by atoms with E-state index in [0.717, 1.165) is 43.5 Å². The second kappa shape index (κ2) is 8.79. The van der Waals surface area contributed by atoms with E-state index in [0.29, 0.717) is 12.1 Å². The minimum Gasteiger partial charge on any atom is -0.396 e. The molecule has 0 aromatic carbocycles. The molecule has 1 amide bonds. The number of nitrogens with zero attached hydrogens (tertiary/aromatic N) is 3. The van der Waals surface area contributed by atoms with Gasteiger partial charge in [0.15, 0.2) is 0 Å². The number of fused-ring (bicyclic) bond motifs is 4. The Labute approximate surface area is 188 Å². The Morgan fingerprint density at radius 1 is 1.22 bits per heavy atom. The summed E-state index contributed by atoms with van der Waals surface area (Å²) in [5.41, 5.74) is 2.24. The van der Waals surface area contributed by atoms with E-state index in [-0.39, 0.29) is 48.0 Å². The van der Waals surface area contributed by atoms with Gasteiger partial charge in [-0.1, -0.05) is 32.3 Å². The summed E-state index contributed by atoms with van der Waals surface area (Å²) in [4.78, 5) is 33.5. The molecule has 2 fully saturated rings. The molecule has 1 saturated heterocycles. The van der Waals surface area contributed by atoms with Gasteiger partial charge in [-0.3, -0.25) is 19.5 Å². The molecule has 7 heteroatoms. The van der Waals surface area contributed by atoms with Crippen LogP contribution in [-0.4, -0.2) is 50.7 Å². The highest BCUT2D eigenvalue weighted by Gasteiger charge is 2.55. The molecule has 2 aliphatic heterocycles. The molecule has 2 aromatic heterocycles. The lowest BCUT2D eigenvalue weighted by atomic mass is 9.85. The van der Waals surface area contributed by atoms with Crippen LogP contribution in [-0.2, 0) is 11.3 Å². The Morgan fingerprint density at radius 2 is 2.03 bits per heavy atom. The van der Waals surface area contributed by atoms with Crippen LogP contribution in [0.15, 0.2) is 41.5 Å². The molecule has 4 heterocycles. The van der Waals surface area contributed by atoms with Crippen molar-refractivity contribution in [2.24, 2.45) is 11.8 Å². The molecule has 2 aromatic rings. The van der Waals surface area contributed by atoms with E-state index in [4.69, 9.17) is 0 Å². The number of aliphatic hydroxyl groups excluding tert-OH is 1. The maximum absolute atomic E-state index is 13.5. The van der Waals surface area contributed by atoms with E-state index >= 15 is 0 Å². The van der Waals surface area contributed by atoms with Crippen LogP contribution in [0.1, 0.15) is 50.8 Å². The zero-order chi connectivity index (χ0) is 22.2. The first-order valence-electron chi connectivity index (χ1n) is 11.9. The van der Waals surface area contributed by atoms with Gasteiger partial charge in [0.1, 0.15) is 0 Å². The number of carbonyl (C=O) groups is 1. The van der Waals surface area contributed by atoms with Gasteiger partial charge in [0.25, 0.3) is 5.56 Å². The van der Waals surface area contributed by atoms with Crippen LogP contribution in [0.5, 0.6) is 0 Å². The fourth-order valence-corrected chi connectivity index (χ4v) is 6.24. The molecule has 2 N–H and O–H groups in total. The molecule has 3 aliphatic rings. The number of amides is 1. The van der Waals surface area contributed by atoms with Crippen LogP contribution in [0.2, 0.25) is 0 Å². The topological polar surface area (TPSA) is 87.5 Å². The van der Waals surface area contributed by atoms with Crippen molar-refractivity contribution in [3.8, 4) is 11.1 Å². The molecular formula is C25H32N4O3. The first-order valence-corrected chi connectivity index (χ1v) is 11.9. The van der Waals surface area contributed by atoms with Crippen LogP contribution in [0.3, 0.4) is 0 Å². The van der Waals surface area contributed by atoms with Crippen molar-refractivity contribution < 1.29 is 9.90 Å². The summed E-state index contributed by atoms with van der Waals surface area (Å²) < 4.78 is 1.83. The van der Waals surface area contributed by atoms with E-state index in [1.165, 1.54) is 6.42 Å². The molecule has 4 atom stereocenters. The number of likely N-dealkylation sites (N-methyl/N-ethyl adjacent to an activating group) is 1. The fraction of sp³-hybridized carbons (Fsp3) is 0.560. The van der Waals surface area contributed by atoms with Crippen LogP contribution in [0.25, 0.3) is 11.1 Å². The molecule has 5 rings (SSSR count). The summed E-state index contributed by atoms with van der Waals surface area (Å²) in [5, 5.41) is 13.6. The number of carbonyl (C=O) groups excluding carboxylic acids is 1. The predicted octanol–water partition coefficient (Wildman–Crippen LogP) is 2.34. The van der Waals surface area contributed by atoms with Crippen LogP contribution < -0.4 is 10.9 Å². The van der Waals surface area contributed by atoms with Crippen LogP contribution in [0.4, 0.5) is 0 Å². The molecule has 7 nitrogen and oxygen atoms in total. The normalized spacial score (nSPS) is 27.8. The van der Waals surface area contributed by atoms with E-state index in [1.807, 2.05) is 28.8 Å². The van der Waals surface area contributed by atoms with Crippen molar-refractivity contribution in [1.29, 1.82) is 0 Å². The number of aliphatic hydroxyl groups is 1. The Bertz CT molecular complexity index is 1030. The van der Waals surface area contributed by atoms with Crippen molar-refractivity contribution in [3.63, 3.8) is 0 Å². The summed E-state index contributed by atoms with van der Waals surface area (Å²) in [6.07, 6.45) is 9.00. The first kappa shape index (κ1) is 21.3. The van der Waals surface area contributed by atoms with Gasteiger partial charge in [0, 0.05) is 60.4 Å². The predicted molar refractivity (Wildman–Crippen MR) is 122 cm³/mol. The molecule has 2 bridgehead atoms. The summed E-state index contributed by atoms with van der Waals surface area (Å²) in [6, 6.07) is 7.57. The number of aromatic nitrogens is 2. The highest BCUT2D eigenvalue weighted by atomic mass is 16.3. The molecule has 0 unspecified atom stereocenters. The smallest absolute Gasteiger partial charge is 0.258 e. The maximum atomic E-state index is 13.5. The van der Waals surface area contributed by atoms with E-state index < -0.39 is 0 Å². The van der Waals surface area contributed by atoms with E-state index in [2.05, 4.69) is 22.1 Å². The lowest BCUT2D eigenvalue weighted by Gasteiger charge is -2.37. The average Bonchev–Trinajstić information content (AvgIpc) is 3.06. The quantitative estimate of drug-likeness (QED) is 0.751. The van der Waals surface area contributed by atoms with Crippen LogP contribution >= 0.6 is 0 Å². The van der Waals surface area contributed by atoms with Crippen molar-refractivity contribution >= 4 is 5.91 Å². The molecular weight excluding hydrogens is 404 g/mol. The lowest BCUT2D eigenvalue weighted by molar-refractivity contribution is -0.128. The van der Waals surface area contributed by atoms with Gasteiger partial charge >= 0.3 is 0 Å². The van der Waals surface area contributed by atoms with Gasteiger partial charge in [0.2, 0.25) is 5.91 Å². The SMILES string of the molecule is CCN1[C@@H]2Cn3c(ccc(-c4cccnc4)c3=O)[C@H]1[C@@H](C(=O)NC1CCCCC1)[C@@H]2CO. The van der Waals surface area contributed by atoms with Gasteiger partial charge < -0.3 is 15.0 Å². The largest absolute Gasteiger partial charge is 0.396 e. The highest BCUT2D eigenvalue weighted by molar-refractivity contribution is 5.81. The zero-order valence-electron chi connectivity index (χ0n) is 18.6. The number of pyridine rings is 2. The monoisotopic (exact) mass is 436 g/mol. The standard InChI is InChI=1S/C25H32N4O3/c1-2-28-21-14-29-20(11-10-18(25(29)32)16-7-6-12-26-13-16)23(28)22(19(21)15-30)24(31)27-17-8-4-3-5-9-17/h6-7,10-13,17,19,21-23,30H,2-5,8-9,14-15H2,1H3,(H,27,31)/t19-,21-,22+,23+/m1/s1. The van der Waals surface area contributed by atoms with Crippen molar-refractivity contribution in [3.05, 3.63) is 52.7 Å². The summed E-state index contributed by atoms with van der Waals surface area (Å²) in [7, 11) is 0. The van der Waals surface area contributed by atoms with Gasteiger partial charge in [-0.25, -0.2) is 0 Å². The van der Waals surface area contributed by atoms with E-state index in [1.54, 1.807) is 12.4 Å². The molecule has 0 radical (unpaired) electrons. The highest BCUT2D eigenvalue weighted by Crippen LogP contribution is 2.48. The van der Waals surface area contributed by atoms with Crippen molar-refractivity contribution in [1.82, 2.24) is 19.8 Å². The fourth-order valence-electron chi connectivity index (χ4n) is 6.24. The minimum absolute atomic E-state index is 0.0270. The third kappa shape index (κ3) is 3.48. The molecule has 0 spiro atoms. The van der Waals surface area contributed by atoms with Gasteiger partial charge in [-0.2, -0.15) is 0 Å². The number of rotatable bonds is 5. The number of hydrogen-bond donors (Lipinski definition) is 2. The molecule has 1 saturated carbocycles. The number of hydrogen-bond acceptors (Lipinski definition) is 5. The second-order valence-electron chi connectivity index (χ2n) is 9.39. The summed E-state index contributed by atoms with van der Waals surface area (Å²) >= 11 is 0. The summed E-state index contributed by atoms with van der Waals surface area (Å²) in [5.74, 6) is -0.520. The Kier molecular flexibility index (Phi) is 5.86. The molecule has 1 aliphatic carbocycles. The van der Waals surface area contributed by atoms with Gasteiger partial charge in [-0.15, -0.1) is 0 Å².